The third-order valence-electron chi connectivity index (χ3n) is 4.83. The van der Waals surface area contributed by atoms with Crippen LogP contribution in [0.5, 0.6) is 0 Å². The molecule has 1 aromatic carbocycles. The Hall–Kier alpha value is -2.44. The van der Waals surface area contributed by atoms with Crippen LogP contribution in [0.4, 0.5) is 10.1 Å². The second-order valence-corrected chi connectivity index (χ2v) is 6.68. The molecule has 0 spiro atoms. The third kappa shape index (κ3) is 3.23. The Labute approximate surface area is 146 Å². The number of nitrogens with two attached hydrogens (primary N) is 1. The van der Waals surface area contributed by atoms with Gasteiger partial charge < -0.3 is 15.0 Å². The van der Waals surface area contributed by atoms with Crippen LogP contribution in [0.3, 0.4) is 0 Å². The topological polar surface area (TPSA) is 49.8 Å². The number of fused-ring (bicyclic) bond motifs is 1. The van der Waals surface area contributed by atoms with E-state index in [9.17, 15) is 4.39 Å². The number of likely N-dealkylation sites (N-methyl/N-ethyl adjacent to an activating group) is 1. The first-order chi connectivity index (χ1) is 12.1. The van der Waals surface area contributed by atoms with Crippen molar-refractivity contribution in [3.8, 4) is 11.3 Å². The maximum atomic E-state index is 13.3. The number of halogens is 1. The predicted molar refractivity (Wildman–Crippen MR) is 97.8 cm³/mol. The fourth-order valence-electron chi connectivity index (χ4n) is 3.32. The molecule has 25 heavy (non-hydrogen) atoms. The number of imidazole rings is 1. The molecule has 2 aromatic heterocycles. The lowest BCUT2D eigenvalue weighted by Gasteiger charge is -2.32. The van der Waals surface area contributed by atoms with Crippen LogP contribution in [0.2, 0.25) is 0 Å². The number of anilines is 1. The minimum atomic E-state index is -0.239. The smallest absolute Gasteiger partial charge is 0.137 e. The van der Waals surface area contributed by atoms with E-state index < -0.39 is 0 Å². The molecular formula is C19H22FN5. The van der Waals surface area contributed by atoms with Gasteiger partial charge in [-0.15, -0.1) is 0 Å². The van der Waals surface area contributed by atoms with Crippen molar-refractivity contribution in [1.82, 2.24) is 19.2 Å². The molecule has 0 unspecified atom stereocenters. The molecule has 130 valence electrons. The van der Waals surface area contributed by atoms with Crippen molar-refractivity contribution in [2.75, 3.05) is 39.0 Å². The van der Waals surface area contributed by atoms with Crippen molar-refractivity contribution in [2.24, 2.45) is 0 Å². The normalized spacial score (nSPS) is 16.6. The van der Waals surface area contributed by atoms with Gasteiger partial charge in [0.25, 0.3) is 0 Å². The van der Waals surface area contributed by atoms with Crippen LogP contribution in [0, 0.1) is 5.82 Å². The van der Waals surface area contributed by atoms with Crippen LogP contribution in [-0.2, 0) is 6.54 Å². The van der Waals surface area contributed by atoms with Crippen LogP contribution < -0.4 is 5.73 Å². The Balaban J connectivity index is 1.77. The Bertz CT molecular complexity index is 879. The summed E-state index contributed by atoms with van der Waals surface area (Å²) in [4.78, 5) is 9.55. The minimum Gasteiger partial charge on any atom is -0.398 e. The molecule has 0 aliphatic carbocycles. The molecule has 2 N–H and O–H groups in total. The molecule has 1 aliphatic heterocycles. The summed E-state index contributed by atoms with van der Waals surface area (Å²) in [6, 6.07) is 10.3. The SMILES string of the molecule is CN1CCN(Cc2c(-c3ccc(F)cc3)nc3ccc(N)cn23)CC1. The summed E-state index contributed by atoms with van der Waals surface area (Å²) in [5.41, 5.74) is 10.5. The van der Waals surface area contributed by atoms with Gasteiger partial charge in [0.15, 0.2) is 0 Å². The van der Waals surface area contributed by atoms with Crippen molar-refractivity contribution in [3.63, 3.8) is 0 Å². The quantitative estimate of drug-likeness (QED) is 0.796. The Morgan fingerprint density at radius 1 is 1.04 bits per heavy atom. The van der Waals surface area contributed by atoms with Crippen LogP contribution >= 0.6 is 0 Å². The van der Waals surface area contributed by atoms with E-state index in [4.69, 9.17) is 10.7 Å². The predicted octanol–water partition coefficient (Wildman–Crippen LogP) is 2.47. The first kappa shape index (κ1) is 16.1. The molecule has 0 bridgehead atoms. The molecule has 0 amide bonds. The van der Waals surface area contributed by atoms with Gasteiger partial charge in [0, 0.05) is 50.2 Å². The van der Waals surface area contributed by atoms with Crippen molar-refractivity contribution >= 4 is 11.3 Å². The van der Waals surface area contributed by atoms with E-state index in [2.05, 4.69) is 21.2 Å². The Kier molecular flexibility index (Phi) is 4.15. The van der Waals surface area contributed by atoms with Gasteiger partial charge >= 0.3 is 0 Å². The average Bonchev–Trinajstić information content (AvgIpc) is 2.95. The number of piperazine rings is 1. The molecule has 4 rings (SSSR count). The zero-order chi connectivity index (χ0) is 17.4. The molecule has 6 heteroatoms. The summed E-state index contributed by atoms with van der Waals surface area (Å²) in [5, 5.41) is 0. The van der Waals surface area contributed by atoms with Crippen molar-refractivity contribution in [2.45, 2.75) is 6.54 Å². The monoisotopic (exact) mass is 339 g/mol. The van der Waals surface area contributed by atoms with Gasteiger partial charge in [-0.2, -0.15) is 0 Å². The summed E-state index contributed by atoms with van der Waals surface area (Å²) in [7, 11) is 2.15. The van der Waals surface area contributed by atoms with Gasteiger partial charge in [0.1, 0.15) is 11.5 Å². The van der Waals surface area contributed by atoms with E-state index in [1.54, 1.807) is 12.1 Å². The maximum absolute atomic E-state index is 13.3. The lowest BCUT2D eigenvalue weighted by molar-refractivity contribution is 0.147. The van der Waals surface area contributed by atoms with E-state index in [0.717, 1.165) is 55.3 Å². The van der Waals surface area contributed by atoms with Gasteiger partial charge in [-0.3, -0.25) is 4.90 Å². The average molecular weight is 339 g/mol. The van der Waals surface area contributed by atoms with Gasteiger partial charge in [0.05, 0.1) is 11.4 Å². The van der Waals surface area contributed by atoms with Gasteiger partial charge in [0.2, 0.25) is 0 Å². The summed E-state index contributed by atoms with van der Waals surface area (Å²) < 4.78 is 15.4. The van der Waals surface area contributed by atoms with Crippen LogP contribution in [0.25, 0.3) is 16.9 Å². The lowest BCUT2D eigenvalue weighted by Crippen LogP contribution is -2.44. The molecule has 0 radical (unpaired) electrons. The molecule has 0 atom stereocenters. The number of benzene rings is 1. The number of rotatable bonds is 3. The van der Waals surface area contributed by atoms with E-state index in [1.165, 1.54) is 12.1 Å². The molecule has 1 fully saturated rings. The number of hydrogen-bond donors (Lipinski definition) is 1. The summed E-state index contributed by atoms with van der Waals surface area (Å²) in [6.07, 6.45) is 1.92. The largest absolute Gasteiger partial charge is 0.398 e. The van der Waals surface area contributed by atoms with Crippen molar-refractivity contribution in [3.05, 3.63) is 54.1 Å². The molecule has 3 aromatic rings. The first-order valence-corrected chi connectivity index (χ1v) is 8.53. The van der Waals surface area contributed by atoms with E-state index in [0.29, 0.717) is 5.69 Å². The zero-order valence-electron chi connectivity index (χ0n) is 14.3. The fourth-order valence-corrected chi connectivity index (χ4v) is 3.32. The second kappa shape index (κ2) is 6.46. The summed E-state index contributed by atoms with van der Waals surface area (Å²) in [6.45, 7) is 4.96. The highest BCUT2D eigenvalue weighted by atomic mass is 19.1. The molecule has 5 nitrogen and oxygen atoms in total. The zero-order valence-corrected chi connectivity index (χ0v) is 14.3. The Morgan fingerprint density at radius 2 is 1.76 bits per heavy atom. The van der Waals surface area contributed by atoms with Crippen LogP contribution in [0.1, 0.15) is 5.69 Å². The van der Waals surface area contributed by atoms with Crippen LogP contribution in [-0.4, -0.2) is 52.4 Å². The number of pyridine rings is 1. The summed E-state index contributed by atoms with van der Waals surface area (Å²) in [5.74, 6) is -0.239. The molecule has 1 saturated heterocycles. The minimum absolute atomic E-state index is 0.239. The highest BCUT2D eigenvalue weighted by Crippen LogP contribution is 2.27. The van der Waals surface area contributed by atoms with E-state index >= 15 is 0 Å². The maximum Gasteiger partial charge on any atom is 0.137 e. The number of aromatic nitrogens is 2. The standard InChI is InChI=1S/C19H22FN5/c1-23-8-10-24(11-9-23)13-17-19(14-2-4-15(20)5-3-14)22-18-7-6-16(21)12-25(17)18/h2-7,12H,8-11,13,21H2,1H3. The molecule has 3 heterocycles. The van der Waals surface area contributed by atoms with Crippen LogP contribution in [0.15, 0.2) is 42.6 Å². The van der Waals surface area contributed by atoms with Gasteiger partial charge in [-0.05, 0) is 43.4 Å². The molecule has 0 saturated carbocycles. The van der Waals surface area contributed by atoms with E-state index in [-0.39, 0.29) is 5.82 Å². The highest BCUT2D eigenvalue weighted by Gasteiger charge is 2.20. The van der Waals surface area contributed by atoms with Crippen molar-refractivity contribution < 1.29 is 4.39 Å². The Morgan fingerprint density at radius 3 is 2.48 bits per heavy atom. The molecular weight excluding hydrogens is 317 g/mol. The lowest BCUT2D eigenvalue weighted by atomic mass is 10.1. The fraction of sp³-hybridized carbons (Fsp3) is 0.316. The van der Waals surface area contributed by atoms with E-state index in [1.807, 2.05) is 18.3 Å². The third-order valence-corrected chi connectivity index (χ3v) is 4.83. The van der Waals surface area contributed by atoms with Crippen molar-refractivity contribution in [1.29, 1.82) is 0 Å². The highest BCUT2D eigenvalue weighted by molar-refractivity contribution is 5.67. The number of nitrogen functional groups attached to an aromatic ring is 1. The number of hydrogen-bond acceptors (Lipinski definition) is 4. The molecule has 1 aliphatic rings. The first-order valence-electron chi connectivity index (χ1n) is 8.53. The summed E-state index contributed by atoms with van der Waals surface area (Å²) >= 11 is 0. The van der Waals surface area contributed by atoms with Gasteiger partial charge in [-0.1, -0.05) is 0 Å². The number of nitrogens with zero attached hydrogens (tertiary/aromatic N) is 4. The second-order valence-electron chi connectivity index (χ2n) is 6.68. The van der Waals surface area contributed by atoms with Gasteiger partial charge in [-0.25, -0.2) is 9.37 Å².